The topological polar surface area (TPSA) is 51.8 Å². The van der Waals surface area contributed by atoms with Crippen LogP contribution in [-0.4, -0.2) is 9.97 Å². The van der Waals surface area contributed by atoms with Crippen LogP contribution in [-0.2, 0) is 0 Å². The molecule has 0 aliphatic rings. The number of hydrogen-bond donors (Lipinski definition) is 1. The molecule has 0 amide bonds. The third-order valence-electron chi connectivity index (χ3n) is 3.52. The monoisotopic (exact) mass is 251 g/mol. The summed E-state index contributed by atoms with van der Waals surface area (Å²) >= 11 is 0. The number of aromatic nitrogens is 2. The highest BCUT2D eigenvalue weighted by Gasteiger charge is 2.11. The summed E-state index contributed by atoms with van der Waals surface area (Å²) in [5.74, 6) is 0. The third-order valence-corrected chi connectivity index (χ3v) is 3.52. The van der Waals surface area contributed by atoms with Crippen LogP contribution in [0.3, 0.4) is 0 Å². The fourth-order valence-corrected chi connectivity index (χ4v) is 2.57. The van der Waals surface area contributed by atoms with E-state index in [2.05, 4.69) is 35.1 Å². The van der Waals surface area contributed by atoms with Crippen molar-refractivity contribution >= 4 is 21.8 Å². The minimum absolute atomic E-state index is 0.0664. The van der Waals surface area contributed by atoms with Crippen molar-refractivity contribution in [1.82, 2.24) is 9.97 Å². The van der Waals surface area contributed by atoms with Gasteiger partial charge < -0.3 is 5.73 Å². The summed E-state index contributed by atoms with van der Waals surface area (Å²) in [5.41, 5.74) is 9.33. The molecule has 0 aliphatic carbocycles. The first-order valence-electron chi connectivity index (χ1n) is 6.69. The van der Waals surface area contributed by atoms with Crippen LogP contribution in [0.15, 0.2) is 42.7 Å². The molecule has 19 heavy (non-hydrogen) atoms. The standard InChI is InChI=1S/C16H17N3/c1-2-4-14(17)12-8-10-19-16-13(12)7-6-11-5-3-9-18-15(11)16/h3,5-10,14H,2,4,17H2,1H3. The quantitative estimate of drug-likeness (QED) is 0.724. The zero-order valence-corrected chi connectivity index (χ0v) is 11.0. The lowest BCUT2D eigenvalue weighted by Gasteiger charge is -2.14. The molecule has 0 saturated heterocycles. The second-order valence-electron chi connectivity index (χ2n) is 4.83. The van der Waals surface area contributed by atoms with Gasteiger partial charge in [-0.3, -0.25) is 9.97 Å². The molecule has 0 radical (unpaired) electrons. The molecule has 3 nitrogen and oxygen atoms in total. The Kier molecular flexibility index (Phi) is 3.13. The van der Waals surface area contributed by atoms with Crippen LogP contribution in [0.2, 0.25) is 0 Å². The van der Waals surface area contributed by atoms with Crippen molar-refractivity contribution < 1.29 is 0 Å². The van der Waals surface area contributed by atoms with E-state index < -0.39 is 0 Å². The molecular formula is C16H17N3. The summed E-state index contributed by atoms with van der Waals surface area (Å²) < 4.78 is 0. The van der Waals surface area contributed by atoms with Gasteiger partial charge >= 0.3 is 0 Å². The Morgan fingerprint density at radius 2 is 1.89 bits per heavy atom. The molecule has 0 bridgehead atoms. The SMILES string of the molecule is CCCC(N)c1ccnc2c1ccc1cccnc12. The van der Waals surface area contributed by atoms with E-state index in [4.69, 9.17) is 5.73 Å². The van der Waals surface area contributed by atoms with Gasteiger partial charge in [0.1, 0.15) is 0 Å². The smallest absolute Gasteiger partial charge is 0.0967 e. The van der Waals surface area contributed by atoms with Crippen LogP contribution in [0.5, 0.6) is 0 Å². The summed E-state index contributed by atoms with van der Waals surface area (Å²) in [6.45, 7) is 2.15. The van der Waals surface area contributed by atoms with Gasteiger partial charge in [0, 0.05) is 29.2 Å². The molecule has 3 aromatic rings. The van der Waals surface area contributed by atoms with Crippen molar-refractivity contribution in [3.8, 4) is 0 Å². The number of rotatable bonds is 3. The van der Waals surface area contributed by atoms with E-state index in [1.165, 1.54) is 5.56 Å². The van der Waals surface area contributed by atoms with Crippen LogP contribution in [0.25, 0.3) is 21.8 Å². The van der Waals surface area contributed by atoms with Gasteiger partial charge in [-0.1, -0.05) is 31.5 Å². The van der Waals surface area contributed by atoms with Gasteiger partial charge in [-0.05, 0) is 24.1 Å². The lowest BCUT2D eigenvalue weighted by Crippen LogP contribution is -2.10. The maximum absolute atomic E-state index is 6.27. The fraction of sp³-hybridized carbons (Fsp3) is 0.250. The number of benzene rings is 1. The Morgan fingerprint density at radius 1 is 1.05 bits per heavy atom. The van der Waals surface area contributed by atoms with Gasteiger partial charge in [0.25, 0.3) is 0 Å². The van der Waals surface area contributed by atoms with Gasteiger partial charge in [0.05, 0.1) is 11.0 Å². The van der Waals surface area contributed by atoms with E-state index in [0.29, 0.717) is 0 Å². The molecule has 2 N–H and O–H groups in total. The summed E-state index contributed by atoms with van der Waals surface area (Å²) in [6.07, 6.45) is 5.71. The Labute approximate surface area is 112 Å². The van der Waals surface area contributed by atoms with Gasteiger partial charge in [0.2, 0.25) is 0 Å². The van der Waals surface area contributed by atoms with Crippen LogP contribution in [0.4, 0.5) is 0 Å². The maximum atomic E-state index is 6.27. The van der Waals surface area contributed by atoms with Gasteiger partial charge in [-0.25, -0.2) is 0 Å². The molecular weight excluding hydrogens is 234 g/mol. The largest absolute Gasteiger partial charge is 0.324 e. The molecule has 2 heterocycles. The third kappa shape index (κ3) is 2.06. The van der Waals surface area contributed by atoms with Gasteiger partial charge in [-0.2, -0.15) is 0 Å². The lowest BCUT2D eigenvalue weighted by atomic mass is 9.98. The fourth-order valence-electron chi connectivity index (χ4n) is 2.57. The van der Waals surface area contributed by atoms with Crippen LogP contribution in [0, 0.1) is 0 Å². The Morgan fingerprint density at radius 3 is 2.74 bits per heavy atom. The second-order valence-corrected chi connectivity index (χ2v) is 4.83. The van der Waals surface area contributed by atoms with E-state index in [1.807, 2.05) is 24.5 Å². The number of nitrogens with zero attached hydrogens (tertiary/aromatic N) is 2. The summed E-state index contributed by atoms with van der Waals surface area (Å²) in [6, 6.07) is 10.3. The maximum Gasteiger partial charge on any atom is 0.0967 e. The van der Waals surface area contributed by atoms with Crippen molar-refractivity contribution in [1.29, 1.82) is 0 Å². The minimum Gasteiger partial charge on any atom is -0.324 e. The van der Waals surface area contributed by atoms with E-state index in [1.54, 1.807) is 0 Å². The second kappa shape index (κ2) is 4.94. The van der Waals surface area contributed by atoms with Crippen molar-refractivity contribution in [2.75, 3.05) is 0 Å². The normalized spacial score (nSPS) is 12.9. The van der Waals surface area contributed by atoms with Crippen LogP contribution < -0.4 is 5.73 Å². The average Bonchev–Trinajstić information content (AvgIpc) is 2.46. The predicted octanol–water partition coefficient (Wildman–Crippen LogP) is 3.58. The van der Waals surface area contributed by atoms with Crippen LogP contribution >= 0.6 is 0 Å². The number of fused-ring (bicyclic) bond motifs is 3. The zero-order chi connectivity index (χ0) is 13.2. The molecule has 96 valence electrons. The minimum atomic E-state index is 0.0664. The number of pyridine rings is 2. The highest BCUT2D eigenvalue weighted by atomic mass is 14.7. The predicted molar refractivity (Wildman–Crippen MR) is 78.9 cm³/mol. The Balaban J connectivity index is 2.29. The first-order chi connectivity index (χ1) is 9.31. The van der Waals surface area contributed by atoms with Crippen molar-refractivity contribution in [2.24, 2.45) is 5.73 Å². The first kappa shape index (κ1) is 12.1. The number of hydrogen-bond acceptors (Lipinski definition) is 3. The Bertz CT molecular complexity index is 721. The molecule has 3 rings (SSSR count). The van der Waals surface area contributed by atoms with Crippen LogP contribution in [0.1, 0.15) is 31.4 Å². The van der Waals surface area contributed by atoms with Crippen molar-refractivity contribution in [3.05, 3.63) is 48.3 Å². The zero-order valence-electron chi connectivity index (χ0n) is 11.0. The number of nitrogens with two attached hydrogens (primary N) is 1. The van der Waals surface area contributed by atoms with Gasteiger partial charge in [-0.15, -0.1) is 0 Å². The molecule has 0 saturated carbocycles. The lowest BCUT2D eigenvalue weighted by molar-refractivity contribution is 0.642. The summed E-state index contributed by atoms with van der Waals surface area (Å²) in [5, 5.41) is 2.23. The molecule has 1 unspecified atom stereocenters. The van der Waals surface area contributed by atoms with Crippen molar-refractivity contribution in [3.63, 3.8) is 0 Å². The van der Waals surface area contributed by atoms with E-state index >= 15 is 0 Å². The molecule has 3 heteroatoms. The van der Waals surface area contributed by atoms with Crippen molar-refractivity contribution in [2.45, 2.75) is 25.8 Å². The molecule has 1 atom stereocenters. The highest BCUT2D eigenvalue weighted by molar-refractivity contribution is 6.03. The van der Waals surface area contributed by atoms with E-state index in [-0.39, 0.29) is 6.04 Å². The van der Waals surface area contributed by atoms with E-state index in [0.717, 1.165) is 34.6 Å². The average molecular weight is 251 g/mol. The van der Waals surface area contributed by atoms with E-state index in [9.17, 15) is 0 Å². The molecule has 1 aromatic carbocycles. The molecule has 0 fully saturated rings. The summed E-state index contributed by atoms with van der Waals surface area (Å²) in [7, 11) is 0. The summed E-state index contributed by atoms with van der Waals surface area (Å²) in [4.78, 5) is 8.95. The molecule has 2 aromatic heterocycles. The van der Waals surface area contributed by atoms with Gasteiger partial charge in [0.15, 0.2) is 0 Å². The Hall–Kier alpha value is -2.00. The first-order valence-corrected chi connectivity index (χ1v) is 6.69. The molecule has 0 spiro atoms. The highest BCUT2D eigenvalue weighted by Crippen LogP contribution is 2.28. The molecule has 0 aliphatic heterocycles.